The van der Waals surface area contributed by atoms with Gasteiger partial charge in [0.05, 0.1) is 7.11 Å². The molecule has 0 aliphatic carbocycles. The van der Waals surface area contributed by atoms with Crippen LogP contribution in [0.2, 0.25) is 0 Å². The lowest BCUT2D eigenvalue weighted by molar-refractivity contribution is 0.0785. The van der Waals surface area contributed by atoms with Crippen molar-refractivity contribution >= 4 is 5.91 Å². The van der Waals surface area contributed by atoms with E-state index in [1.54, 1.807) is 7.11 Å². The molecule has 4 heteroatoms. The fraction of sp³-hybridized carbons (Fsp3) is 0.533. The quantitative estimate of drug-likeness (QED) is 0.876. The van der Waals surface area contributed by atoms with Crippen LogP contribution in [-0.2, 0) is 0 Å². The first kappa shape index (κ1) is 12.5. The summed E-state index contributed by atoms with van der Waals surface area (Å²) in [5.41, 5.74) is 0.720. The monoisotopic (exact) mass is 260 g/mol. The van der Waals surface area contributed by atoms with E-state index in [-0.39, 0.29) is 5.91 Å². The topological polar surface area (TPSA) is 41.6 Å². The maximum atomic E-state index is 12.5. The van der Waals surface area contributed by atoms with Crippen molar-refractivity contribution in [2.24, 2.45) is 5.92 Å². The number of ether oxygens (including phenoxy) is 1. The minimum atomic E-state index is 0.120. The van der Waals surface area contributed by atoms with E-state index in [2.05, 4.69) is 5.32 Å². The number of likely N-dealkylation sites (tertiary alicyclic amines) is 1. The summed E-state index contributed by atoms with van der Waals surface area (Å²) in [5.74, 6) is 1.49. The number of rotatable bonds is 2. The predicted molar refractivity (Wildman–Crippen MR) is 73.4 cm³/mol. The Morgan fingerprint density at radius 1 is 1.42 bits per heavy atom. The first-order valence-corrected chi connectivity index (χ1v) is 6.94. The molecule has 2 saturated heterocycles. The smallest absolute Gasteiger partial charge is 0.254 e. The summed E-state index contributed by atoms with van der Waals surface area (Å²) in [6.07, 6.45) is 2.46. The summed E-state index contributed by atoms with van der Waals surface area (Å²) in [6.45, 7) is 2.80. The molecule has 19 heavy (non-hydrogen) atoms. The Morgan fingerprint density at radius 2 is 2.32 bits per heavy atom. The zero-order valence-electron chi connectivity index (χ0n) is 11.3. The van der Waals surface area contributed by atoms with Crippen molar-refractivity contribution in [2.45, 2.75) is 18.9 Å². The second-order valence-electron chi connectivity index (χ2n) is 5.41. The van der Waals surface area contributed by atoms with Crippen LogP contribution in [-0.4, -0.2) is 43.6 Å². The molecule has 3 rings (SSSR count). The van der Waals surface area contributed by atoms with E-state index < -0.39 is 0 Å². The van der Waals surface area contributed by atoms with E-state index >= 15 is 0 Å². The van der Waals surface area contributed by atoms with Crippen molar-refractivity contribution in [3.8, 4) is 5.75 Å². The summed E-state index contributed by atoms with van der Waals surface area (Å²) >= 11 is 0. The number of carbonyl (C=O) groups is 1. The van der Waals surface area contributed by atoms with Crippen LogP contribution < -0.4 is 10.1 Å². The number of methoxy groups -OCH3 is 1. The zero-order valence-corrected chi connectivity index (χ0v) is 11.3. The molecule has 1 N–H and O–H groups in total. The molecule has 2 aliphatic rings. The number of piperidine rings is 1. The standard InChI is InChI=1S/C15H20N2O2/c1-19-13-6-2-4-11(8-13)15(18)17-9-12-5-3-7-16-14(12)10-17/h2,4,6,8,12,14,16H,3,5,7,9-10H2,1H3/t12-,14+/m0/s1. The molecule has 2 fully saturated rings. The van der Waals surface area contributed by atoms with Crippen LogP contribution in [0.15, 0.2) is 24.3 Å². The SMILES string of the molecule is COc1cccc(C(=O)N2C[C@@H]3CCCN[C@@H]3C2)c1. The molecular weight excluding hydrogens is 240 g/mol. The molecule has 1 aromatic carbocycles. The molecule has 2 heterocycles. The van der Waals surface area contributed by atoms with Gasteiger partial charge in [-0.1, -0.05) is 6.07 Å². The van der Waals surface area contributed by atoms with Gasteiger partial charge in [0.2, 0.25) is 0 Å². The molecule has 0 unspecified atom stereocenters. The van der Waals surface area contributed by atoms with Gasteiger partial charge in [-0.3, -0.25) is 4.79 Å². The van der Waals surface area contributed by atoms with Crippen LogP contribution >= 0.6 is 0 Å². The Balaban J connectivity index is 1.73. The highest BCUT2D eigenvalue weighted by atomic mass is 16.5. The summed E-state index contributed by atoms with van der Waals surface area (Å²) in [4.78, 5) is 14.5. The van der Waals surface area contributed by atoms with Gasteiger partial charge < -0.3 is 15.0 Å². The number of hydrogen-bond acceptors (Lipinski definition) is 3. The van der Waals surface area contributed by atoms with Gasteiger partial charge in [-0.2, -0.15) is 0 Å². The molecule has 1 amide bonds. The lowest BCUT2D eigenvalue weighted by Crippen LogP contribution is -2.41. The van der Waals surface area contributed by atoms with Gasteiger partial charge in [0, 0.05) is 24.7 Å². The number of benzene rings is 1. The molecule has 0 spiro atoms. The summed E-state index contributed by atoms with van der Waals surface area (Å²) in [7, 11) is 1.62. The van der Waals surface area contributed by atoms with Crippen LogP contribution in [0, 0.1) is 5.92 Å². The average Bonchev–Trinajstić information content (AvgIpc) is 2.90. The van der Waals surface area contributed by atoms with E-state index in [9.17, 15) is 4.79 Å². The van der Waals surface area contributed by atoms with Gasteiger partial charge in [0.25, 0.3) is 5.91 Å². The fourth-order valence-electron chi connectivity index (χ4n) is 3.15. The molecule has 102 valence electrons. The van der Waals surface area contributed by atoms with Gasteiger partial charge in [-0.15, -0.1) is 0 Å². The van der Waals surface area contributed by atoms with Crippen molar-refractivity contribution in [3.63, 3.8) is 0 Å². The largest absolute Gasteiger partial charge is 0.497 e. The van der Waals surface area contributed by atoms with Crippen molar-refractivity contribution in [3.05, 3.63) is 29.8 Å². The zero-order chi connectivity index (χ0) is 13.2. The van der Waals surface area contributed by atoms with E-state index in [4.69, 9.17) is 4.74 Å². The Hall–Kier alpha value is -1.55. The number of nitrogens with zero attached hydrogens (tertiary/aromatic N) is 1. The predicted octanol–water partition coefficient (Wildman–Crippen LogP) is 1.52. The van der Waals surface area contributed by atoms with Crippen molar-refractivity contribution < 1.29 is 9.53 Å². The van der Waals surface area contributed by atoms with Gasteiger partial charge in [-0.05, 0) is 43.5 Å². The normalized spacial score (nSPS) is 26.1. The Kier molecular flexibility index (Phi) is 3.42. The maximum absolute atomic E-state index is 12.5. The second-order valence-corrected chi connectivity index (χ2v) is 5.41. The minimum absolute atomic E-state index is 0.120. The number of nitrogens with one attached hydrogen (secondary N) is 1. The molecule has 4 nitrogen and oxygen atoms in total. The Morgan fingerprint density at radius 3 is 3.11 bits per heavy atom. The molecule has 2 aliphatic heterocycles. The van der Waals surface area contributed by atoms with Crippen LogP contribution in [0.1, 0.15) is 23.2 Å². The van der Waals surface area contributed by atoms with Gasteiger partial charge in [-0.25, -0.2) is 0 Å². The number of fused-ring (bicyclic) bond motifs is 1. The Labute approximate surface area is 113 Å². The van der Waals surface area contributed by atoms with Crippen LogP contribution in [0.5, 0.6) is 5.75 Å². The second kappa shape index (κ2) is 5.21. The molecule has 0 radical (unpaired) electrons. The molecule has 1 aromatic rings. The molecular formula is C15H20N2O2. The first-order chi connectivity index (χ1) is 9.28. The molecule has 0 aromatic heterocycles. The van der Waals surface area contributed by atoms with Crippen LogP contribution in [0.4, 0.5) is 0 Å². The fourth-order valence-corrected chi connectivity index (χ4v) is 3.15. The molecule has 2 atom stereocenters. The number of carbonyl (C=O) groups excluding carboxylic acids is 1. The van der Waals surface area contributed by atoms with E-state index in [1.807, 2.05) is 29.2 Å². The van der Waals surface area contributed by atoms with E-state index in [1.165, 1.54) is 12.8 Å². The number of hydrogen-bond donors (Lipinski definition) is 1. The molecule has 0 saturated carbocycles. The third kappa shape index (κ3) is 2.45. The highest BCUT2D eigenvalue weighted by molar-refractivity contribution is 5.94. The van der Waals surface area contributed by atoms with Crippen LogP contribution in [0.3, 0.4) is 0 Å². The summed E-state index contributed by atoms with van der Waals surface area (Å²) < 4.78 is 5.18. The highest BCUT2D eigenvalue weighted by Crippen LogP contribution is 2.26. The van der Waals surface area contributed by atoms with Gasteiger partial charge in [0.15, 0.2) is 0 Å². The van der Waals surface area contributed by atoms with Crippen molar-refractivity contribution in [1.82, 2.24) is 10.2 Å². The number of amides is 1. The van der Waals surface area contributed by atoms with E-state index in [0.717, 1.165) is 30.9 Å². The molecule has 0 bridgehead atoms. The maximum Gasteiger partial charge on any atom is 0.254 e. The average molecular weight is 260 g/mol. The minimum Gasteiger partial charge on any atom is -0.497 e. The van der Waals surface area contributed by atoms with E-state index in [0.29, 0.717) is 12.0 Å². The summed E-state index contributed by atoms with van der Waals surface area (Å²) in [6, 6.07) is 7.90. The highest BCUT2D eigenvalue weighted by Gasteiger charge is 2.36. The third-order valence-electron chi connectivity index (χ3n) is 4.20. The third-order valence-corrected chi connectivity index (χ3v) is 4.20. The summed E-state index contributed by atoms with van der Waals surface area (Å²) in [5, 5.41) is 3.52. The first-order valence-electron chi connectivity index (χ1n) is 6.94. The van der Waals surface area contributed by atoms with Crippen LogP contribution in [0.25, 0.3) is 0 Å². The van der Waals surface area contributed by atoms with Crippen molar-refractivity contribution in [2.75, 3.05) is 26.7 Å². The van der Waals surface area contributed by atoms with Gasteiger partial charge in [0.1, 0.15) is 5.75 Å². The Bertz CT molecular complexity index is 461. The lowest BCUT2D eigenvalue weighted by Gasteiger charge is -2.24. The van der Waals surface area contributed by atoms with Crippen molar-refractivity contribution in [1.29, 1.82) is 0 Å². The van der Waals surface area contributed by atoms with Gasteiger partial charge >= 0.3 is 0 Å². The lowest BCUT2D eigenvalue weighted by atomic mass is 9.94.